The van der Waals surface area contributed by atoms with Crippen molar-refractivity contribution in [1.82, 2.24) is 16.2 Å². The molecule has 2 amide bonds. The molecule has 9 heteroatoms. The van der Waals surface area contributed by atoms with Crippen LogP contribution in [0.3, 0.4) is 0 Å². The highest BCUT2D eigenvalue weighted by Crippen LogP contribution is 2.23. The van der Waals surface area contributed by atoms with Crippen molar-refractivity contribution in [2.75, 3.05) is 0 Å². The van der Waals surface area contributed by atoms with E-state index in [9.17, 15) is 19.7 Å². The number of thiocarbonyl (C=S) groups is 1. The minimum atomic E-state index is -0.594. The summed E-state index contributed by atoms with van der Waals surface area (Å²) in [7, 11) is 0. The number of nitrogens with one attached hydrogen (secondary N) is 3. The topological polar surface area (TPSA) is 113 Å². The summed E-state index contributed by atoms with van der Waals surface area (Å²) >= 11 is 4.94. The number of rotatable bonds is 3. The van der Waals surface area contributed by atoms with E-state index in [1.807, 2.05) is 0 Å². The first-order chi connectivity index (χ1) is 11.5. The molecule has 0 atom stereocenters. The van der Waals surface area contributed by atoms with Crippen LogP contribution in [-0.4, -0.2) is 21.9 Å². The van der Waals surface area contributed by atoms with Gasteiger partial charge in [0.1, 0.15) is 0 Å². The van der Waals surface area contributed by atoms with Crippen LogP contribution in [0, 0.1) is 16.0 Å². The summed E-state index contributed by atoms with van der Waals surface area (Å²) in [5.74, 6) is -0.786. The standard InChI is InChI=1S/C15H18N4O4S/c20-13(11-7-4-8-12(9-11)19(22)23)16-15(24)18-17-14(21)10-5-2-1-3-6-10/h4,7-10H,1-3,5-6H2,(H,17,21)(H2,16,18,20,24). The fourth-order valence-corrected chi connectivity index (χ4v) is 2.70. The lowest BCUT2D eigenvalue weighted by Gasteiger charge is -2.21. The number of nitro benzene ring substituents is 1. The lowest BCUT2D eigenvalue weighted by atomic mass is 9.89. The molecule has 1 aliphatic carbocycles. The first-order valence-corrected chi connectivity index (χ1v) is 8.04. The molecule has 1 fully saturated rings. The normalized spacial score (nSPS) is 14.5. The molecule has 24 heavy (non-hydrogen) atoms. The van der Waals surface area contributed by atoms with Crippen molar-refractivity contribution in [3.63, 3.8) is 0 Å². The van der Waals surface area contributed by atoms with Gasteiger partial charge in [-0.25, -0.2) is 0 Å². The van der Waals surface area contributed by atoms with Crippen molar-refractivity contribution >= 4 is 34.8 Å². The average Bonchev–Trinajstić information content (AvgIpc) is 2.60. The van der Waals surface area contributed by atoms with Gasteiger partial charge >= 0.3 is 0 Å². The van der Waals surface area contributed by atoms with E-state index in [1.165, 1.54) is 18.2 Å². The minimum absolute atomic E-state index is 0.0403. The minimum Gasteiger partial charge on any atom is -0.298 e. The van der Waals surface area contributed by atoms with Crippen LogP contribution in [0.4, 0.5) is 5.69 Å². The van der Waals surface area contributed by atoms with E-state index >= 15 is 0 Å². The molecule has 2 rings (SSSR count). The maximum atomic E-state index is 12.0. The highest BCUT2D eigenvalue weighted by atomic mass is 32.1. The number of non-ortho nitro benzene ring substituents is 1. The molecule has 1 saturated carbocycles. The molecule has 1 aromatic rings. The van der Waals surface area contributed by atoms with Crippen LogP contribution >= 0.6 is 12.2 Å². The summed E-state index contributed by atoms with van der Waals surface area (Å²) in [5.41, 5.74) is 4.89. The Balaban J connectivity index is 1.83. The van der Waals surface area contributed by atoms with Crippen molar-refractivity contribution < 1.29 is 14.5 Å². The second-order valence-corrected chi connectivity index (χ2v) is 5.95. The van der Waals surface area contributed by atoms with Gasteiger partial charge in [-0.1, -0.05) is 25.3 Å². The molecule has 0 unspecified atom stereocenters. The molecule has 8 nitrogen and oxygen atoms in total. The Labute approximate surface area is 144 Å². The Kier molecular flexibility index (Phi) is 6.19. The molecule has 0 bridgehead atoms. The van der Waals surface area contributed by atoms with Crippen LogP contribution in [0.25, 0.3) is 0 Å². The smallest absolute Gasteiger partial charge is 0.270 e. The van der Waals surface area contributed by atoms with Crippen LogP contribution in [0.2, 0.25) is 0 Å². The number of carbonyl (C=O) groups is 2. The molecule has 3 N–H and O–H groups in total. The summed E-state index contributed by atoms with van der Waals surface area (Å²) in [4.78, 5) is 34.1. The van der Waals surface area contributed by atoms with Crippen molar-refractivity contribution in [3.8, 4) is 0 Å². The van der Waals surface area contributed by atoms with E-state index in [4.69, 9.17) is 12.2 Å². The monoisotopic (exact) mass is 350 g/mol. The van der Waals surface area contributed by atoms with Crippen LogP contribution in [0.1, 0.15) is 42.5 Å². The van der Waals surface area contributed by atoms with Gasteiger partial charge in [0, 0.05) is 23.6 Å². The maximum Gasteiger partial charge on any atom is 0.270 e. The quantitative estimate of drug-likeness (QED) is 0.435. The lowest BCUT2D eigenvalue weighted by molar-refractivity contribution is -0.384. The Bertz CT molecular complexity index is 659. The predicted molar refractivity (Wildman–Crippen MR) is 91.0 cm³/mol. The summed E-state index contributed by atoms with van der Waals surface area (Å²) in [6, 6.07) is 5.29. The lowest BCUT2D eigenvalue weighted by Crippen LogP contribution is -2.50. The van der Waals surface area contributed by atoms with E-state index in [0.717, 1.165) is 38.2 Å². The van der Waals surface area contributed by atoms with Gasteiger partial charge in [0.25, 0.3) is 11.6 Å². The number of amides is 2. The van der Waals surface area contributed by atoms with Crippen molar-refractivity contribution in [2.45, 2.75) is 32.1 Å². The van der Waals surface area contributed by atoms with Gasteiger partial charge < -0.3 is 0 Å². The number of hydrazine groups is 1. The fraction of sp³-hybridized carbons (Fsp3) is 0.400. The van der Waals surface area contributed by atoms with Crippen molar-refractivity contribution in [3.05, 3.63) is 39.9 Å². The van der Waals surface area contributed by atoms with Crippen LogP contribution in [0.15, 0.2) is 24.3 Å². The fourth-order valence-electron chi connectivity index (χ4n) is 2.55. The van der Waals surface area contributed by atoms with E-state index in [-0.39, 0.29) is 28.2 Å². The third kappa shape index (κ3) is 4.98. The van der Waals surface area contributed by atoms with Gasteiger partial charge in [0.2, 0.25) is 5.91 Å². The van der Waals surface area contributed by atoms with Crippen LogP contribution in [-0.2, 0) is 4.79 Å². The summed E-state index contributed by atoms with van der Waals surface area (Å²) in [6.07, 6.45) is 4.91. The molecule has 0 aliphatic heterocycles. The summed E-state index contributed by atoms with van der Waals surface area (Å²) in [6.45, 7) is 0. The van der Waals surface area contributed by atoms with Gasteiger partial charge in [-0.2, -0.15) is 0 Å². The maximum absolute atomic E-state index is 12.0. The zero-order chi connectivity index (χ0) is 17.5. The van der Waals surface area contributed by atoms with Gasteiger partial charge in [-0.3, -0.25) is 35.9 Å². The van der Waals surface area contributed by atoms with E-state index in [1.54, 1.807) is 0 Å². The van der Waals surface area contributed by atoms with Crippen LogP contribution < -0.4 is 16.2 Å². The molecule has 0 radical (unpaired) electrons. The largest absolute Gasteiger partial charge is 0.298 e. The van der Waals surface area contributed by atoms with Gasteiger partial charge in [-0.05, 0) is 31.1 Å². The predicted octanol–water partition coefficient (Wildman–Crippen LogP) is 1.81. The highest BCUT2D eigenvalue weighted by Gasteiger charge is 2.21. The molecule has 0 saturated heterocycles. The molecular weight excluding hydrogens is 332 g/mol. The molecule has 128 valence electrons. The Morgan fingerprint density at radius 1 is 1.17 bits per heavy atom. The van der Waals surface area contributed by atoms with Gasteiger partial charge in [-0.15, -0.1) is 0 Å². The number of hydrogen-bond acceptors (Lipinski definition) is 5. The molecular formula is C15H18N4O4S. The van der Waals surface area contributed by atoms with E-state index < -0.39 is 10.8 Å². The van der Waals surface area contributed by atoms with Crippen LogP contribution in [0.5, 0.6) is 0 Å². The number of hydrogen-bond donors (Lipinski definition) is 3. The first-order valence-electron chi connectivity index (χ1n) is 7.63. The Hall–Kier alpha value is -2.55. The summed E-state index contributed by atoms with van der Waals surface area (Å²) < 4.78 is 0. The SMILES string of the molecule is O=C(NC(=S)NNC(=O)C1CCCCC1)c1cccc([N+](=O)[O-])c1. The average molecular weight is 350 g/mol. The van der Waals surface area contributed by atoms with Gasteiger partial charge in [0.05, 0.1) is 4.92 Å². The third-order valence-electron chi connectivity index (χ3n) is 3.82. The van der Waals surface area contributed by atoms with Crippen molar-refractivity contribution in [2.24, 2.45) is 5.92 Å². The molecule has 0 heterocycles. The number of nitrogens with zero attached hydrogens (tertiary/aromatic N) is 1. The zero-order valence-electron chi connectivity index (χ0n) is 12.9. The summed E-state index contributed by atoms with van der Waals surface area (Å²) in [5, 5.41) is 13.0. The Morgan fingerprint density at radius 2 is 1.88 bits per heavy atom. The number of carbonyl (C=O) groups excluding carboxylic acids is 2. The Morgan fingerprint density at radius 3 is 2.54 bits per heavy atom. The molecule has 0 spiro atoms. The van der Waals surface area contributed by atoms with E-state index in [0.29, 0.717) is 0 Å². The first kappa shape index (κ1) is 17.8. The number of benzene rings is 1. The van der Waals surface area contributed by atoms with Crippen molar-refractivity contribution in [1.29, 1.82) is 0 Å². The third-order valence-corrected chi connectivity index (χ3v) is 4.03. The highest BCUT2D eigenvalue weighted by molar-refractivity contribution is 7.80. The molecule has 1 aromatic carbocycles. The van der Waals surface area contributed by atoms with E-state index in [2.05, 4.69) is 16.2 Å². The zero-order valence-corrected chi connectivity index (χ0v) is 13.7. The number of nitro groups is 1. The molecule has 0 aromatic heterocycles. The second-order valence-electron chi connectivity index (χ2n) is 5.54. The van der Waals surface area contributed by atoms with Gasteiger partial charge in [0.15, 0.2) is 5.11 Å². The second kappa shape index (κ2) is 8.34. The molecule has 1 aliphatic rings.